The maximum absolute atomic E-state index is 2.64. The number of hydrogen-bond donors (Lipinski definition) is 0. The molecule has 144 valence electrons. The van der Waals surface area contributed by atoms with Gasteiger partial charge in [0.05, 0.1) is 19.6 Å². The summed E-state index contributed by atoms with van der Waals surface area (Å²) in [7, 11) is 0. The molecule has 4 rings (SSSR count). The molecule has 0 aliphatic carbocycles. The van der Waals surface area contributed by atoms with Gasteiger partial charge in [0.1, 0.15) is 13.2 Å². The molecular weight excluding hydrogens is 340 g/mol. The van der Waals surface area contributed by atoms with Crippen LogP contribution in [0.3, 0.4) is 0 Å². The molecule has 0 saturated carbocycles. The summed E-state index contributed by atoms with van der Waals surface area (Å²) in [5, 5.41) is 0. The third-order valence-electron chi connectivity index (χ3n) is 5.94. The molecule has 0 aromatic heterocycles. The Bertz CT molecular complexity index is 832. The Hall–Kier alpha value is -2.42. The largest absolute Gasteiger partial charge is 0.306 e. The van der Waals surface area contributed by atoms with Crippen molar-refractivity contribution in [1.29, 1.82) is 0 Å². The van der Waals surface area contributed by atoms with Crippen molar-refractivity contribution in [3.63, 3.8) is 0 Å². The molecule has 2 nitrogen and oxygen atoms in total. The van der Waals surface area contributed by atoms with Crippen LogP contribution in [0.15, 0.2) is 91.0 Å². The zero-order valence-corrected chi connectivity index (χ0v) is 16.7. The average molecular weight is 372 g/mol. The molecule has 1 unspecified atom stereocenters. The third kappa shape index (κ3) is 5.09. The lowest BCUT2D eigenvalue weighted by molar-refractivity contribution is -0.934. The summed E-state index contributed by atoms with van der Waals surface area (Å²) in [6.45, 7) is 7.03. The third-order valence-corrected chi connectivity index (χ3v) is 5.94. The Labute approximate surface area is 169 Å². The molecule has 0 radical (unpaired) electrons. The minimum absolute atomic E-state index is 1.06. The topological polar surface area (TPSA) is 3.24 Å². The highest BCUT2D eigenvalue weighted by atomic mass is 15.5. The van der Waals surface area contributed by atoms with E-state index in [-0.39, 0.29) is 0 Å². The summed E-state index contributed by atoms with van der Waals surface area (Å²) >= 11 is 0. The molecule has 0 N–H and O–H groups in total. The summed E-state index contributed by atoms with van der Waals surface area (Å²) in [5.41, 5.74) is 4.34. The summed E-state index contributed by atoms with van der Waals surface area (Å²) < 4.78 is 1.18. The fraction of sp³-hybridized carbons (Fsp3) is 0.308. The van der Waals surface area contributed by atoms with E-state index >= 15 is 0 Å². The Morgan fingerprint density at radius 2 is 1.25 bits per heavy atom. The van der Waals surface area contributed by atoms with Crippen molar-refractivity contribution < 1.29 is 4.48 Å². The maximum Gasteiger partial charge on any atom is 0.135 e. The average Bonchev–Trinajstić information content (AvgIpc) is 3.12. The minimum atomic E-state index is 1.06. The first-order valence-corrected chi connectivity index (χ1v) is 10.5. The first-order valence-electron chi connectivity index (χ1n) is 10.5. The molecule has 28 heavy (non-hydrogen) atoms. The normalized spacial score (nSPS) is 19.7. The number of aryl methyl sites for hydroxylation is 1. The van der Waals surface area contributed by atoms with Gasteiger partial charge in [0.25, 0.3) is 0 Å². The van der Waals surface area contributed by atoms with E-state index < -0.39 is 0 Å². The number of quaternary nitrogens is 1. The van der Waals surface area contributed by atoms with E-state index in [9.17, 15) is 0 Å². The Morgan fingerprint density at radius 1 is 0.679 bits per heavy atom. The highest BCUT2D eigenvalue weighted by Crippen LogP contribution is 2.24. The van der Waals surface area contributed by atoms with E-state index in [0.29, 0.717) is 0 Å². The van der Waals surface area contributed by atoms with Crippen molar-refractivity contribution in [2.45, 2.75) is 25.9 Å². The van der Waals surface area contributed by atoms with Gasteiger partial charge in [-0.25, -0.2) is 4.90 Å². The Balaban J connectivity index is 1.43. The van der Waals surface area contributed by atoms with Crippen LogP contribution in [0.4, 0.5) is 0 Å². The van der Waals surface area contributed by atoms with E-state index in [1.165, 1.54) is 53.6 Å². The van der Waals surface area contributed by atoms with E-state index in [1.807, 2.05) is 0 Å². The highest BCUT2D eigenvalue weighted by molar-refractivity contribution is 5.16. The van der Waals surface area contributed by atoms with Crippen molar-refractivity contribution in [1.82, 2.24) is 4.90 Å². The van der Waals surface area contributed by atoms with Crippen LogP contribution < -0.4 is 0 Å². The minimum Gasteiger partial charge on any atom is -0.306 e. The Morgan fingerprint density at radius 3 is 1.89 bits per heavy atom. The molecule has 0 bridgehead atoms. The standard InChI is InChI=1S/C26H31N2/c1-4-11-24(12-5-1)17-10-19-28(22-26-15-8-3-9-16-26)20-18-27(23-28)21-25-13-6-2-7-14-25/h1-9,11-16H,10,17-23H2/q+1. The molecule has 1 saturated heterocycles. The molecule has 1 atom stereocenters. The predicted molar refractivity (Wildman–Crippen MR) is 117 cm³/mol. The summed E-state index contributed by atoms with van der Waals surface area (Å²) in [6.07, 6.45) is 2.42. The van der Waals surface area contributed by atoms with Crippen LogP contribution >= 0.6 is 0 Å². The van der Waals surface area contributed by atoms with Crippen molar-refractivity contribution in [2.75, 3.05) is 26.3 Å². The van der Waals surface area contributed by atoms with Crippen LogP contribution in [0.2, 0.25) is 0 Å². The van der Waals surface area contributed by atoms with Gasteiger partial charge in [0.2, 0.25) is 0 Å². The molecule has 0 amide bonds. The molecule has 1 fully saturated rings. The van der Waals surface area contributed by atoms with E-state index in [4.69, 9.17) is 0 Å². The molecular formula is C26H31N2+. The lowest BCUT2D eigenvalue weighted by Gasteiger charge is -2.34. The number of benzene rings is 3. The maximum atomic E-state index is 2.64. The van der Waals surface area contributed by atoms with Gasteiger partial charge in [0, 0.05) is 18.5 Å². The van der Waals surface area contributed by atoms with Gasteiger partial charge in [-0.2, -0.15) is 0 Å². The highest BCUT2D eigenvalue weighted by Gasteiger charge is 2.36. The fourth-order valence-corrected chi connectivity index (χ4v) is 4.51. The van der Waals surface area contributed by atoms with Crippen molar-refractivity contribution >= 4 is 0 Å². The smallest absolute Gasteiger partial charge is 0.135 e. The van der Waals surface area contributed by atoms with E-state index in [0.717, 1.165) is 19.8 Å². The van der Waals surface area contributed by atoms with Gasteiger partial charge in [-0.3, -0.25) is 0 Å². The molecule has 0 spiro atoms. The van der Waals surface area contributed by atoms with Crippen LogP contribution in [-0.4, -0.2) is 35.7 Å². The first kappa shape index (κ1) is 18.9. The number of rotatable bonds is 8. The predicted octanol–water partition coefficient (Wildman–Crippen LogP) is 5.11. The number of nitrogens with zero attached hydrogens (tertiary/aromatic N) is 2. The van der Waals surface area contributed by atoms with Crippen LogP contribution in [0.5, 0.6) is 0 Å². The summed E-state index contributed by atoms with van der Waals surface area (Å²) in [6, 6.07) is 32.9. The van der Waals surface area contributed by atoms with Crippen LogP contribution in [0.1, 0.15) is 23.1 Å². The fourth-order valence-electron chi connectivity index (χ4n) is 4.51. The molecule has 3 aromatic carbocycles. The quantitative estimate of drug-likeness (QED) is 0.497. The molecule has 2 heteroatoms. The molecule has 1 aliphatic heterocycles. The van der Waals surface area contributed by atoms with Crippen LogP contribution in [0.25, 0.3) is 0 Å². The molecule has 3 aromatic rings. The van der Waals surface area contributed by atoms with Gasteiger partial charge in [-0.1, -0.05) is 91.0 Å². The second-order valence-corrected chi connectivity index (χ2v) is 8.20. The van der Waals surface area contributed by atoms with Gasteiger partial charge in [-0.05, 0) is 17.5 Å². The zero-order valence-electron chi connectivity index (χ0n) is 16.7. The van der Waals surface area contributed by atoms with Crippen LogP contribution in [0, 0.1) is 0 Å². The summed E-state index contributed by atoms with van der Waals surface area (Å²) in [5.74, 6) is 0. The number of hydrogen-bond acceptors (Lipinski definition) is 1. The van der Waals surface area contributed by atoms with E-state index in [2.05, 4.69) is 95.9 Å². The van der Waals surface area contributed by atoms with Crippen molar-refractivity contribution in [3.05, 3.63) is 108 Å². The van der Waals surface area contributed by atoms with Gasteiger partial charge in [0.15, 0.2) is 0 Å². The molecule has 1 aliphatic rings. The van der Waals surface area contributed by atoms with Gasteiger partial charge in [-0.15, -0.1) is 0 Å². The lowest BCUT2D eigenvalue weighted by Crippen LogP contribution is -2.47. The SMILES string of the molecule is c1ccc(CCC[N+]2(Cc3ccccc3)CCN(Cc3ccccc3)C2)cc1. The van der Waals surface area contributed by atoms with Crippen molar-refractivity contribution in [3.8, 4) is 0 Å². The zero-order chi connectivity index (χ0) is 19.1. The lowest BCUT2D eigenvalue weighted by atomic mass is 10.1. The second kappa shape index (κ2) is 9.18. The summed E-state index contributed by atoms with van der Waals surface area (Å²) in [4.78, 5) is 2.64. The van der Waals surface area contributed by atoms with Gasteiger partial charge >= 0.3 is 0 Å². The van der Waals surface area contributed by atoms with Crippen molar-refractivity contribution in [2.24, 2.45) is 0 Å². The van der Waals surface area contributed by atoms with E-state index in [1.54, 1.807) is 0 Å². The first-order chi connectivity index (χ1) is 13.8. The van der Waals surface area contributed by atoms with Crippen LogP contribution in [-0.2, 0) is 19.5 Å². The second-order valence-electron chi connectivity index (χ2n) is 8.20. The van der Waals surface area contributed by atoms with Gasteiger partial charge < -0.3 is 4.48 Å². The Kier molecular flexibility index (Phi) is 6.20. The molecule has 1 heterocycles. The monoisotopic (exact) mass is 371 g/mol.